The fraction of sp³-hybridized carbons (Fsp3) is 0.500. The second kappa shape index (κ2) is 4.33. The maximum absolute atomic E-state index is 12.3. The molecule has 0 aromatic carbocycles. The lowest BCUT2D eigenvalue weighted by atomic mass is 10.00. The summed E-state index contributed by atoms with van der Waals surface area (Å²) in [5.41, 5.74) is 6.27. The number of nitrogens with zero attached hydrogens (tertiary/aromatic N) is 2. The minimum absolute atomic E-state index is 0.0384. The van der Waals surface area contributed by atoms with Gasteiger partial charge in [-0.1, -0.05) is 13.0 Å². The van der Waals surface area contributed by atoms with E-state index in [2.05, 4.69) is 11.9 Å². The zero-order valence-electron chi connectivity index (χ0n) is 10.9. The van der Waals surface area contributed by atoms with Crippen LogP contribution in [0.4, 0.5) is 5.82 Å². The van der Waals surface area contributed by atoms with Gasteiger partial charge in [0.1, 0.15) is 5.82 Å². The van der Waals surface area contributed by atoms with E-state index in [-0.39, 0.29) is 30.2 Å². The molecule has 5 heteroatoms. The molecule has 19 heavy (non-hydrogen) atoms. The number of hydrogen-bond donors (Lipinski definition) is 1. The van der Waals surface area contributed by atoms with Gasteiger partial charge in [0.2, 0.25) is 11.8 Å². The van der Waals surface area contributed by atoms with E-state index in [1.54, 1.807) is 18.2 Å². The first kappa shape index (κ1) is 12.1. The van der Waals surface area contributed by atoms with Gasteiger partial charge in [0.25, 0.3) is 0 Å². The number of carbonyl (C=O) groups is 2. The average Bonchev–Trinajstić information content (AvgIpc) is 2.84. The summed E-state index contributed by atoms with van der Waals surface area (Å²) in [5, 5.41) is 0. The number of aromatic nitrogens is 1. The number of amides is 2. The maximum atomic E-state index is 12.3. The molecule has 2 N–H and O–H groups in total. The molecule has 1 aromatic heterocycles. The summed E-state index contributed by atoms with van der Waals surface area (Å²) in [7, 11) is 0. The molecule has 1 aliphatic heterocycles. The number of fused-ring (bicyclic) bond motifs is 1. The van der Waals surface area contributed by atoms with Gasteiger partial charge in [0.05, 0.1) is 24.1 Å². The van der Waals surface area contributed by atoms with Crippen molar-refractivity contribution in [2.75, 3.05) is 5.73 Å². The third kappa shape index (κ3) is 1.99. The average molecular weight is 259 g/mol. The molecule has 2 fully saturated rings. The number of nitrogens with two attached hydrogens (primary N) is 1. The quantitative estimate of drug-likeness (QED) is 0.809. The van der Waals surface area contributed by atoms with E-state index in [0.717, 1.165) is 12.8 Å². The van der Waals surface area contributed by atoms with Crippen LogP contribution in [0.25, 0.3) is 0 Å². The maximum Gasteiger partial charge on any atom is 0.233 e. The Balaban J connectivity index is 1.80. The molecule has 2 heterocycles. The van der Waals surface area contributed by atoms with Crippen molar-refractivity contribution >= 4 is 17.6 Å². The standard InChI is InChI=1S/C14H17N3O2/c1-8-5-10-11(6-8)14(19)17(13(10)18)7-9-3-2-4-12(15)16-9/h2-4,8,10-11H,5-7H2,1H3,(H2,15,16). The van der Waals surface area contributed by atoms with E-state index in [9.17, 15) is 9.59 Å². The van der Waals surface area contributed by atoms with Crippen LogP contribution in [-0.2, 0) is 16.1 Å². The lowest BCUT2D eigenvalue weighted by Crippen LogP contribution is -2.32. The summed E-state index contributed by atoms with van der Waals surface area (Å²) >= 11 is 0. The number of nitrogen functional groups attached to an aromatic ring is 1. The first-order chi connectivity index (χ1) is 9.06. The van der Waals surface area contributed by atoms with Crippen molar-refractivity contribution in [2.24, 2.45) is 17.8 Å². The van der Waals surface area contributed by atoms with Crippen molar-refractivity contribution in [3.05, 3.63) is 23.9 Å². The Labute approximate surface area is 111 Å². The van der Waals surface area contributed by atoms with E-state index in [1.807, 2.05) is 0 Å². The molecule has 3 rings (SSSR count). The molecular formula is C14H17N3O2. The van der Waals surface area contributed by atoms with Crippen molar-refractivity contribution in [2.45, 2.75) is 26.3 Å². The monoisotopic (exact) mass is 259 g/mol. The topological polar surface area (TPSA) is 76.3 Å². The summed E-state index contributed by atoms with van der Waals surface area (Å²) in [5.74, 6) is 0.584. The zero-order valence-corrected chi connectivity index (χ0v) is 10.9. The van der Waals surface area contributed by atoms with E-state index in [4.69, 9.17) is 5.73 Å². The van der Waals surface area contributed by atoms with E-state index >= 15 is 0 Å². The summed E-state index contributed by atoms with van der Waals surface area (Å²) in [6, 6.07) is 5.26. The highest BCUT2D eigenvalue weighted by Crippen LogP contribution is 2.43. The number of rotatable bonds is 2. The second-order valence-corrected chi connectivity index (χ2v) is 5.61. The number of anilines is 1. The lowest BCUT2D eigenvalue weighted by Gasteiger charge is -2.16. The third-order valence-corrected chi connectivity index (χ3v) is 4.11. The first-order valence-corrected chi connectivity index (χ1v) is 6.63. The number of carbonyl (C=O) groups excluding carboxylic acids is 2. The first-order valence-electron chi connectivity index (χ1n) is 6.63. The molecule has 1 aliphatic carbocycles. The van der Waals surface area contributed by atoms with Crippen molar-refractivity contribution < 1.29 is 9.59 Å². The molecule has 100 valence electrons. The number of pyridine rings is 1. The van der Waals surface area contributed by atoms with Gasteiger partial charge in [0.15, 0.2) is 0 Å². The van der Waals surface area contributed by atoms with Crippen LogP contribution in [0.2, 0.25) is 0 Å². The van der Waals surface area contributed by atoms with Crippen LogP contribution in [0.3, 0.4) is 0 Å². The van der Waals surface area contributed by atoms with Crippen LogP contribution in [0.5, 0.6) is 0 Å². The van der Waals surface area contributed by atoms with Crippen LogP contribution in [-0.4, -0.2) is 21.7 Å². The summed E-state index contributed by atoms with van der Waals surface area (Å²) in [6.07, 6.45) is 1.66. The van der Waals surface area contributed by atoms with E-state index in [1.165, 1.54) is 4.90 Å². The molecule has 2 atom stereocenters. The van der Waals surface area contributed by atoms with Crippen molar-refractivity contribution in [3.63, 3.8) is 0 Å². The van der Waals surface area contributed by atoms with Gasteiger partial charge in [-0.15, -0.1) is 0 Å². The Morgan fingerprint density at radius 3 is 2.47 bits per heavy atom. The molecule has 0 spiro atoms. The molecule has 2 unspecified atom stereocenters. The van der Waals surface area contributed by atoms with Crippen LogP contribution in [0.1, 0.15) is 25.5 Å². The molecule has 5 nitrogen and oxygen atoms in total. The fourth-order valence-corrected chi connectivity index (χ4v) is 3.25. The predicted octanol–water partition coefficient (Wildman–Crippen LogP) is 1.19. The highest BCUT2D eigenvalue weighted by atomic mass is 16.2. The SMILES string of the molecule is CC1CC2C(=O)N(Cc3cccc(N)n3)C(=O)C2C1. The second-order valence-electron chi connectivity index (χ2n) is 5.61. The number of likely N-dealkylation sites (tertiary alicyclic amines) is 1. The molecule has 1 saturated carbocycles. The molecule has 0 radical (unpaired) electrons. The smallest absolute Gasteiger partial charge is 0.233 e. The Bertz CT molecular complexity index is 519. The van der Waals surface area contributed by atoms with Gasteiger partial charge in [-0.3, -0.25) is 14.5 Å². The Kier molecular flexibility index (Phi) is 2.77. The minimum Gasteiger partial charge on any atom is -0.384 e. The molecule has 1 saturated heterocycles. The predicted molar refractivity (Wildman–Crippen MR) is 69.6 cm³/mol. The van der Waals surface area contributed by atoms with Gasteiger partial charge in [0, 0.05) is 0 Å². The Morgan fingerprint density at radius 2 is 1.89 bits per heavy atom. The number of hydrogen-bond acceptors (Lipinski definition) is 4. The Morgan fingerprint density at radius 1 is 1.26 bits per heavy atom. The highest BCUT2D eigenvalue weighted by Gasteiger charge is 2.51. The fourth-order valence-electron chi connectivity index (χ4n) is 3.25. The van der Waals surface area contributed by atoms with E-state index in [0.29, 0.717) is 17.4 Å². The summed E-state index contributed by atoms with van der Waals surface area (Å²) in [6.45, 7) is 2.34. The van der Waals surface area contributed by atoms with Crippen LogP contribution < -0.4 is 5.73 Å². The summed E-state index contributed by atoms with van der Waals surface area (Å²) in [4.78, 5) is 30.1. The van der Waals surface area contributed by atoms with E-state index < -0.39 is 0 Å². The van der Waals surface area contributed by atoms with Crippen LogP contribution in [0, 0.1) is 17.8 Å². The largest absolute Gasteiger partial charge is 0.384 e. The molecule has 2 amide bonds. The van der Waals surface area contributed by atoms with Crippen molar-refractivity contribution in [3.8, 4) is 0 Å². The van der Waals surface area contributed by atoms with Gasteiger partial charge >= 0.3 is 0 Å². The van der Waals surface area contributed by atoms with Gasteiger partial charge in [-0.2, -0.15) is 0 Å². The molecule has 1 aromatic rings. The Hall–Kier alpha value is -1.91. The van der Waals surface area contributed by atoms with Gasteiger partial charge in [-0.25, -0.2) is 4.98 Å². The molecule has 0 bridgehead atoms. The minimum atomic E-state index is -0.108. The van der Waals surface area contributed by atoms with Gasteiger partial charge in [-0.05, 0) is 30.9 Å². The zero-order chi connectivity index (χ0) is 13.6. The third-order valence-electron chi connectivity index (χ3n) is 4.11. The molecule has 2 aliphatic rings. The number of imide groups is 1. The van der Waals surface area contributed by atoms with Crippen LogP contribution in [0.15, 0.2) is 18.2 Å². The summed E-state index contributed by atoms with van der Waals surface area (Å²) < 4.78 is 0. The molecular weight excluding hydrogens is 242 g/mol. The lowest BCUT2D eigenvalue weighted by molar-refractivity contribution is -0.141. The van der Waals surface area contributed by atoms with Gasteiger partial charge < -0.3 is 5.73 Å². The van der Waals surface area contributed by atoms with Crippen LogP contribution >= 0.6 is 0 Å². The van der Waals surface area contributed by atoms with Crippen molar-refractivity contribution in [1.29, 1.82) is 0 Å². The highest BCUT2D eigenvalue weighted by molar-refractivity contribution is 6.05. The normalized spacial score (nSPS) is 29.9. The van der Waals surface area contributed by atoms with Crippen molar-refractivity contribution in [1.82, 2.24) is 9.88 Å².